The molecule has 3 N–H and O–H groups in total. The number of anilines is 2. The third kappa shape index (κ3) is 4.61. The van der Waals surface area contributed by atoms with Crippen LogP contribution in [-0.2, 0) is 4.74 Å². The lowest BCUT2D eigenvalue weighted by Gasteiger charge is -2.11. The normalized spacial score (nSPS) is 10.3. The first kappa shape index (κ1) is 20.5. The third-order valence-corrected chi connectivity index (χ3v) is 5.38. The van der Waals surface area contributed by atoms with Crippen LogP contribution in [0.1, 0.15) is 25.6 Å². The summed E-state index contributed by atoms with van der Waals surface area (Å²) in [6.45, 7) is 1.94. The molecule has 0 bridgehead atoms. The topological polar surface area (TPSA) is 87.7 Å². The van der Waals surface area contributed by atoms with E-state index in [0.29, 0.717) is 16.3 Å². The van der Waals surface area contributed by atoms with Crippen LogP contribution in [0, 0.1) is 6.92 Å². The summed E-state index contributed by atoms with van der Waals surface area (Å²) in [6.07, 6.45) is 0. The van der Waals surface area contributed by atoms with Gasteiger partial charge in [-0.05, 0) is 49.0 Å². The number of benzene rings is 2. The van der Waals surface area contributed by atoms with Crippen molar-refractivity contribution in [2.75, 3.05) is 17.7 Å². The van der Waals surface area contributed by atoms with E-state index in [9.17, 15) is 9.59 Å². The maximum atomic E-state index is 12.5. The van der Waals surface area contributed by atoms with E-state index in [4.69, 9.17) is 22.1 Å². The molecule has 1 aromatic heterocycles. The van der Waals surface area contributed by atoms with E-state index in [-0.39, 0.29) is 10.7 Å². The molecule has 29 heavy (non-hydrogen) atoms. The Bertz CT molecular complexity index is 1060. The molecule has 3 aromatic rings. The van der Waals surface area contributed by atoms with Gasteiger partial charge in [-0.3, -0.25) is 0 Å². The van der Waals surface area contributed by atoms with Gasteiger partial charge in [-0.15, -0.1) is 11.3 Å². The Labute approximate surface area is 177 Å². The monoisotopic (exact) mass is 426 g/mol. The smallest absolute Gasteiger partial charge is 0.341 e. The van der Waals surface area contributed by atoms with E-state index in [1.165, 1.54) is 30.6 Å². The highest BCUT2D eigenvalue weighted by atomic mass is 32.1. The van der Waals surface area contributed by atoms with Gasteiger partial charge in [-0.1, -0.05) is 30.3 Å². The van der Waals surface area contributed by atoms with Crippen LogP contribution in [0.2, 0.25) is 0 Å². The molecule has 8 heteroatoms. The molecule has 6 nitrogen and oxygen atoms in total. The fourth-order valence-electron chi connectivity index (χ4n) is 2.84. The summed E-state index contributed by atoms with van der Waals surface area (Å²) >= 11 is 6.78. The van der Waals surface area contributed by atoms with Crippen LogP contribution in [0.4, 0.5) is 10.7 Å². The number of hydrogen-bond acceptors (Lipinski definition) is 5. The van der Waals surface area contributed by atoms with Crippen molar-refractivity contribution in [3.63, 3.8) is 0 Å². The minimum absolute atomic E-state index is 0.184. The number of rotatable bonds is 5. The van der Waals surface area contributed by atoms with Crippen molar-refractivity contribution in [2.24, 2.45) is 0 Å². The van der Waals surface area contributed by atoms with Gasteiger partial charge in [0.2, 0.25) is 0 Å². The number of hydrogen-bond donors (Lipinski definition) is 3. The van der Waals surface area contributed by atoms with Crippen molar-refractivity contribution in [1.82, 2.24) is 0 Å². The molecular weight excluding hydrogens is 408 g/mol. The van der Waals surface area contributed by atoms with E-state index in [1.54, 1.807) is 12.1 Å². The first-order valence-corrected chi connectivity index (χ1v) is 9.81. The molecule has 0 amide bonds. The number of ether oxygens (including phenoxy) is 1. The van der Waals surface area contributed by atoms with Crippen LogP contribution in [0.15, 0.2) is 54.6 Å². The summed E-state index contributed by atoms with van der Waals surface area (Å²) in [5, 5.41) is 15.9. The standard InChI is InChI=1S/C21H18N2O4S2/c1-12-16(13-6-4-3-5-7-13)17(20(26)27-2)18(29-12)23-21(28)22-15-10-8-14(9-11-15)19(24)25/h3-11H,1-2H3,(H,24,25)(H2,22,23,28). The molecule has 0 fully saturated rings. The summed E-state index contributed by atoms with van der Waals surface area (Å²) in [6, 6.07) is 15.8. The van der Waals surface area contributed by atoms with Crippen molar-refractivity contribution < 1.29 is 19.4 Å². The maximum Gasteiger partial charge on any atom is 0.341 e. The molecule has 0 saturated heterocycles. The van der Waals surface area contributed by atoms with Gasteiger partial charge in [0, 0.05) is 16.1 Å². The molecule has 0 spiro atoms. The SMILES string of the molecule is COC(=O)c1c(NC(=S)Nc2ccc(C(=O)O)cc2)sc(C)c1-c1ccccc1. The number of carboxylic acids is 1. The second-order valence-electron chi connectivity index (χ2n) is 6.06. The zero-order valence-electron chi connectivity index (χ0n) is 15.7. The number of thiophene rings is 1. The lowest BCUT2D eigenvalue weighted by atomic mass is 10.0. The number of methoxy groups -OCH3 is 1. The van der Waals surface area contributed by atoms with Crippen molar-refractivity contribution in [1.29, 1.82) is 0 Å². The van der Waals surface area contributed by atoms with Gasteiger partial charge in [0.1, 0.15) is 10.6 Å². The van der Waals surface area contributed by atoms with Crippen molar-refractivity contribution in [2.45, 2.75) is 6.92 Å². The van der Waals surface area contributed by atoms with E-state index >= 15 is 0 Å². The molecule has 148 valence electrons. The molecule has 2 aromatic carbocycles. The van der Waals surface area contributed by atoms with E-state index < -0.39 is 11.9 Å². The number of carboxylic acid groups (broad SMARTS) is 1. The molecule has 0 radical (unpaired) electrons. The van der Waals surface area contributed by atoms with Crippen LogP contribution in [0.5, 0.6) is 0 Å². The lowest BCUT2D eigenvalue weighted by Crippen LogP contribution is -2.20. The Morgan fingerprint density at radius 1 is 1.03 bits per heavy atom. The Balaban J connectivity index is 1.87. The second-order valence-corrected chi connectivity index (χ2v) is 7.69. The van der Waals surface area contributed by atoms with Gasteiger partial charge in [-0.2, -0.15) is 0 Å². The molecular formula is C21H18N2O4S2. The highest BCUT2D eigenvalue weighted by Crippen LogP contribution is 2.40. The Morgan fingerprint density at radius 2 is 1.69 bits per heavy atom. The molecule has 0 unspecified atom stereocenters. The van der Waals surface area contributed by atoms with Crippen LogP contribution >= 0.6 is 23.6 Å². The van der Waals surface area contributed by atoms with E-state index in [1.807, 2.05) is 37.3 Å². The fraction of sp³-hybridized carbons (Fsp3) is 0.0952. The molecule has 0 atom stereocenters. The van der Waals surface area contributed by atoms with Crippen LogP contribution in [0.25, 0.3) is 11.1 Å². The molecule has 1 heterocycles. The summed E-state index contributed by atoms with van der Waals surface area (Å²) in [5.41, 5.74) is 2.95. The molecule has 0 aliphatic carbocycles. The van der Waals surface area contributed by atoms with E-state index in [0.717, 1.165) is 16.0 Å². The zero-order valence-corrected chi connectivity index (χ0v) is 17.3. The van der Waals surface area contributed by atoms with Crippen molar-refractivity contribution >= 4 is 51.3 Å². The van der Waals surface area contributed by atoms with Crippen LogP contribution in [0.3, 0.4) is 0 Å². The zero-order chi connectivity index (χ0) is 21.0. The van der Waals surface area contributed by atoms with Gasteiger partial charge in [0.15, 0.2) is 5.11 Å². The highest BCUT2D eigenvalue weighted by molar-refractivity contribution is 7.80. The predicted octanol–water partition coefficient (Wildman–Crippen LogP) is 5.02. The average Bonchev–Trinajstić information content (AvgIpc) is 3.03. The van der Waals surface area contributed by atoms with Gasteiger partial charge in [0.25, 0.3) is 0 Å². The molecule has 3 rings (SSSR count). The number of aryl methyl sites for hydroxylation is 1. The summed E-state index contributed by atoms with van der Waals surface area (Å²) in [7, 11) is 1.34. The van der Waals surface area contributed by atoms with Gasteiger partial charge in [0.05, 0.1) is 12.7 Å². The first-order valence-electron chi connectivity index (χ1n) is 8.59. The quantitative estimate of drug-likeness (QED) is 0.390. The minimum atomic E-state index is -0.998. The number of carbonyl (C=O) groups is 2. The summed E-state index contributed by atoms with van der Waals surface area (Å²) < 4.78 is 5.00. The Hall–Kier alpha value is -3.23. The first-order chi connectivity index (χ1) is 13.9. The summed E-state index contributed by atoms with van der Waals surface area (Å²) in [4.78, 5) is 24.4. The number of esters is 1. The average molecular weight is 427 g/mol. The predicted molar refractivity (Wildman–Crippen MR) is 119 cm³/mol. The summed E-state index contributed by atoms with van der Waals surface area (Å²) in [5.74, 6) is -1.45. The minimum Gasteiger partial charge on any atom is -0.478 e. The van der Waals surface area contributed by atoms with Gasteiger partial charge >= 0.3 is 11.9 Å². The third-order valence-electron chi connectivity index (χ3n) is 4.15. The van der Waals surface area contributed by atoms with Crippen molar-refractivity contribution in [3.05, 3.63) is 70.6 Å². The second kappa shape index (κ2) is 8.85. The number of thiocarbonyl (C=S) groups is 1. The van der Waals surface area contributed by atoms with E-state index in [2.05, 4.69) is 10.6 Å². The van der Waals surface area contributed by atoms with Crippen molar-refractivity contribution in [3.8, 4) is 11.1 Å². The fourth-order valence-corrected chi connectivity index (χ4v) is 4.20. The molecule has 0 saturated carbocycles. The number of nitrogens with one attached hydrogen (secondary N) is 2. The van der Waals surface area contributed by atoms with Gasteiger partial charge in [-0.25, -0.2) is 9.59 Å². The molecule has 0 aliphatic heterocycles. The number of aromatic carboxylic acids is 1. The molecule has 0 aliphatic rings. The number of carbonyl (C=O) groups excluding carboxylic acids is 1. The lowest BCUT2D eigenvalue weighted by molar-refractivity contribution is 0.0602. The Kier molecular flexibility index (Phi) is 6.26. The van der Waals surface area contributed by atoms with Crippen LogP contribution < -0.4 is 10.6 Å². The van der Waals surface area contributed by atoms with Crippen LogP contribution in [-0.4, -0.2) is 29.3 Å². The largest absolute Gasteiger partial charge is 0.478 e. The Morgan fingerprint density at radius 3 is 2.28 bits per heavy atom. The highest BCUT2D eigenvalue weighted by Gasteiger charge is 2.24. The maximum absolute atomic E-state index is 12.5. The van der Waals surface area contributed by atoms with Gasteiger partial charge < -0.3 is 20.5 Å².